The topological polar surface area (TPSA) is 41.6 Å². The molecule has 0 spiro atoms. The summed E-state index contributed by atoms with van der Waals surface area (Å²) in [6.45, 7) is 1.38. The zero-order valence-corrected chi connectivity index (χ0v) is 9.99. The third kappa shape index (κ3) is 3.55. The minimum absolute atomic E-state index is 0.0148. The molecule has 1 N–H and O–H groups in total. The van der Waals surface area contributed by atoms with Gasteiger partial charge < -0.3 is 15.0 Å². The number of nitrogens with zero attached hydrogens (tertiary/aromatic N) is 1. The van der Waals surface area contributed by atoms with Crippen LogP contribution in [0, 0.1) is 0 Å². The number of carbonyl (C=O) groups excluding carboxylic acids is 1. The highest BCUT2D eigenvalue weighted by Gasteiger charge is 2.08. The van der Waals surface area contributed by atoms with E-state index in [4.69, 9.17) is 4.74 Å². The van der Waals surface area contributed by atoms with Crippen LogP contribution in [0.4, 0.5) is 0 Å². The molecule has 0 fully saturated rings. The number of ether oxygens (including phenoxy) is 1. The molecule has 4 heteroatoms. The molecule has 0 saturated carbocycles. The van der Waals surface area contributed by atoms with E-state index in [0.717, 1.165) is 12.3 Å². The van der Waals surface area contributed by atoms with Crippen molar-refractivity contribution in [2.75, 3.05) is 34.3 Å². The van der Waals surface area contributed by atoms with Gasteiger partial charge >= 0.3 is 0 Å². The fraction of sp³-hybridized carbons (Fsp3) is 0.417. The van der Waals surface area contributed by atoms with E-state index in [2.05, 4.69) is 5.32 Å². The Morgan fingerprint density at radius 2 is 2.19 bits per heavy atom. The minimum Gasteiger partial charge on any atom is -0.492 e. The maximum atomic E-state index is 11.7. The fourth-order valence-electron chi connectivity index (χ4n) is 1.25. The van der Waals surface area contributed by atoms with E-state index in [1.807, 2.05) is 19.2 Å². The van der Waals surface area contributed by atoms with Crippen LogP contribution < -0.4 is 10.1 Å². The molecule has 1 amide bonds. The Balaban J connectivity index is 2.67. The molecule has 16 heavy (non-hydrogen) atoms. The highest BCUT2D eigenvalue weighted by atomic mass is 16.5. The number of benzene rings is 1. The van der Waals surface area contributed by atoms with Crippen LogP contribution in [0.25, 0.3) is 0 Å². The molecule has 1 aromatic rings. The Labute approximate surface area is 96.2 Å². The summed E-state index contributed by atoms with van der Waals surface area (Å²) in [6.07, 6.45) is 0. The van der Waals surface area contributed by atoms with Crippen molar-refractivity contribution in [2.45, 2.75) is 0 Å². The molecule has 4 nitrogen and oxygen atoms in total. The first-order chi connectivity index (χ1) is 7.65. The second kappa shape index (κ2) is 6.12. The summed E-state index contributed by atoms with van der Waals surface area (Å²) < 4.78 is 5.48. The molecule has 88 valence electrons. The van der Waals surface area contributed by atoms with E-state index >= 15 is 0 Å². The molecule has 1 aromatic carbocycles. The van der Waals surface area contributed by atoms with E-state index in [0.29, 0.717) is 12.2 Å². The molecule has 1 rings (SSSR count). The Kier molecular flexibility index (Phi) is 4.79. The van der Waals surface area contributed by atoms with Crippen molar-refractivity contribution < 1.29 is 9.53 Å². The van der Waals surface area contributed by atoms with Crippen molar-refractivity contribution in [3.8, 4) is 5.75 Å². The largest absolute Gasteiger partial charge is 0.492 e. The summed E-state index contributed by atoms with van der Waals surface area (Å²) in [5, 5.41) is 2.99. The molecule has 0 atom stereocenters. The van der Waals surface area contributed by atoms with Crippen LogP contribution in [-0.4, -0.2) is 45.1 Å². The first-order valence-corrected chi connectivity index (χ1v) is 5.24. The van der Waals surface area contributed by atoms with Gasteiger partial charge in [-0.1, -0.05) is 6.07 Å². The maximum Gasteiger partial charge on any atom is 0.253 e. The van der Waals surface area contributed by atoms with E-state index in [9.17, 15) is 4.79 Å². The molecule has 0 aromatic heterocycles. The molecule has 0 aliphatic carbocycles. The average Bonchev–Trinajstić information content (AvgIpc) is 2.29. The Bertz CT molecular complexity index is 351. The van der Waals surface area contributed by atoms with Gasteiger partial charge in [0.25, 0.3) is 5.91 Å². The van der Waals surface area contributed by atoms with Gasteiger partial charge in [-0.15, -0.1) is 0 Å². The van der Waals surface area contributed by atoms with Crippen molar-refractivity contribution in [2.24, 2.45) is 0 Å². The first-order valence-electron chi connectivity index (χ1n) is 5.24. The molecule has 0 saturated heterocycles. The van der Waals surface area contributed by atoms with Gasteiger partial charge in [-0.2, -0.15) is 0 Å². The lowest BCUT2D eigenvalue weighted by Crippen LogP contribution is -2.21. The molecule has 0 heterocycles. The van der Waals surface area contributed by atoms with E-state index in [-0.39, 0.29) is 5.91 Å². The standard InChI is InChI=1S/C12H18N2O2/c1-13-7-8-16-11-6-4-5-10(9-11)12(15)14(2)3/h4-6,9,13H,7-8H2,1-3H3. The Hall–Kier alpha value is -1.55. The third-order valence-corrected chi connectivity index (χ3v) is 2.11. The quantitative estimate of drug-likeness (QED) is 0.755. The zero-order valence-electron chi connectivity index (χ0n) is 9.99. The third-order valence-electron chi connectivity index (χ3n) is 2.11. The zero-order chi connectivity index (χ0) is 12.0. The molecule has 0 unspecified atom stereocenters. The van der Waals surface area contributed by atoms with Crippen molar-refractivity contribution in [1.82, 2.24) is 10.2 Å². The summed E-state index contributed by atoms with van der Waals surface area (Å²) in [4.78, 5) is 13.2. The first kappa shape index (κ1) is 12.5. The highest BCUT2D eigenvalue weighted by molar-refractivity contribution is 5.94. The predicted molar refractivity (Wildman–Crippen MR) is 63.9 cm³/mol. The summed E-state index contributed by atoms with van der Waals surface area (Å²) in [5.41, 5.74) is 0.645. The molecular weight excluding hydrogens is 204 g/mol. The van der Waals surface area contributed by atoms with Crippen LogP contribution in [0.1, 0.15) is 10.4 Å². The predicted octanol–water partition coefficient (Wildman–Crippen LogP) is 0.987. The van der Waals surface area contributed by atoms with Crippen molar-refractivity contribution >= 4 is 5.91 Å². The van der Waals surface area contributed by atoms with Crippen LogP contribution in [0.3, 0.4) is 0 Å². The monoisotopic (exact) mass is 222 g/mol. The van der Waals surface area contributed by atoms with Crippen LogP contribution in [-0.2, 0) is 0 Å². The van der Waals surface area contributed by atoms with Gasteiger partial charge in [0, 0.05) is 26.2 Å². The summed E-state index contributed by atoms with van der Waals surface area (Å²) >= 11 is 0. The van der Waals surface area contributed by atoms with Gasteiger partial charge in [0.2, 0.25) is 0 Å². The van der Waals surface area contributed by atoms with Gasteiger partial charge in [-0.3, -0.25) is 4.79 Å². The Morgan fingerprint density at radius 3 is 2.81 bits per heavy atom. The molecule has 0 bridgehead atoms. The van der Waals surface area contributed by atoms with Crippen molar-refractivity contribution in [1.29, 1.82) is 0 Å². The summed E-state index contributed by atoms with van der Waals surface area (Å²) in [5.74, 6) is 0.710. The van der Waals surface area contributed by atoms with Crippen LogP contribution in [0.2, 0.25) is 0 Å². The number of hydrogen-bond acceptors (Lipinski definition) is 3. The van der Waals surface area contributed by atoms with Gasteiger partial charge in [-0.05, 0) is 25.2 Å². The lowest BCUT2D eigenvalue weighted by molar-refractivity contribution is 0.0827. The molecule has 0 radical (unpaired) electrons. The number of likely N-dealkylation sites (N-methyl/N-ethyl adjacent to an activating group) is 1. The number of amides is 1. The Morgan fingerprint density at radius 1 is 1.44 bits per heavy atom. The van der Waals surface area contributed by atoms with E-state index in [1.165, 1.54) is 0 Å². The number of nitrogens with one attached hydrogen (secondary N) is 1. The fourth-order valence-corrected chi connectivity index (χ4v) is 1.25. The lowest BCUT2D eigenvalue weighted by atomic mass is 10.2. The second-order valence-corrected chi connectivity index (χ2v) is 3.68. The smallest absolute Gasteiger partial charge is 0.253 e. The number of rotatable bonds is 5. The maximum absolute atomic E-state index is 11.7. The van der Waals surface area contributed by atoms with Gasteiger partial charge in [0.05, 0.1) is 0 Å². The van der Waals surface area contributed by atoms with Crippen molar-refractivity contribution in [3.05, 3.63) is 29.8 Å². The minimum atomic E-state index is -0.0148. The second-order valence-electron chi connectivity index (χ2n) is 3.68. The van der Waals surface area contributed by atoms with Gasteiger partial charge in [0.1, 0.15) is 12.4 Å². The molecule has 0 aliphatic rings. The van der Waals surface area contributed by atoms with E-state index in [1.54, 1.807) is 31.1 Å². The van der Waals surface area contributed by atoms with Crippen molar-refractivity contribution in [3.63, 3.8) is 0 Å². The SMILES string of the molecule is CNCCOc1cccc(C(=O)N(C)C)c1. The molecular formula is C12H18N2O2. The molecule has 0 aliphatic heterocycles. The lowest BCUT2D eigenvalue weighted by Gasteiger charge is -2.11. The summed E-state index contributed by atoms with van der Waals surface area (Å²) in [7, 11) is 5.34. The average molecular weight is 222 g/mol. The van der Waals surface area contributed by atoms with Crippen LogP contribution in [0.5, 0.6) is 5.75 Å². The van der Waals surface area contributed by atoms with E-state index < -0.39 is 0 Å². The normalized spacial score (nSPS) is 9.94. The van der Waals surface area contributed by atoms with Crippen LogP contribution in [0.15, 0.2) is 24.3 Å². The summed E-state index contributed by atoms with van der Waals surface area (Å²) in [6, 6.07) is 7.22. The van der Waals surface area contributed by atoms with Gasteiger partial charge in [0.15, 0.2) is 0 Å². The van der Waals surface area contributed by atoms with Gasteiger partial charge in [-0.25, -0.2) is 0 Å². The number of hydrogen-bond donors (Lipinski definition) is 1. The number of carbonyl (C=O) groups is 1. The highest BCUT2D eigenvalue weighted by Crippen LogP contribution is 2.14. The van der Waals surface area contributed by atoms with Crippen LogP contribution >= 0.6 is 0 Å².